The minimum absolute atomic E-state index is 0.0107. The van der Waals surface area contributed by atoms with E-state index in [1.165, 1.54) is 0 Å². The van der Waals surface area contributed by atoms with Gasteiger partial charge in [-0.05, 0) is 37.8 Å². The molecule has 1 amide bonds. The van der Waals surface area contributed by atoms with Crippen LogP contribution in [0.15, 0.2) is 18.3 Å². The Labute approximate surface area is 113 Å². The zero-order chi connectivity index (χ0) is 13.7. The van der Waals surface area contributed by atoms with Gasteiger partial charge in [-0.15, -0.1) is 0 Å². The summed E-state index contributed by atoms with van der Waals surface area (Å²) < 4.78 is 0. The summed E-state index contributed by atoms with van der Waals surface area (Å²) in [6, 6.07) is 3.64. The molecule has 2 heterocycles. The normalized spacial score (nSPS) is 18.6. The fraction of sp³-hybridized carbons (Fsp3) is 0.571. The highest BCUT2D eigenvalue weighted by Gasteiger charge is 2.26. The molecule has 1 aromatic heterocycles. The molecule has 104 valence electrons. The van der Waals surface area contributed by atoms with E-state index in [1.807, 2.05) is 17.9 Å². The lowest BCUT2D eigenvalue weighted by molar-refractivity contribution is 0.0779. The maximum atomic E-state index is 12.2. The van der Waals surface area contributed by atoms with E-state index < -0.39 is 0 Å². The summed E-state index contributed by atoms with van der Waals surface area (Å²) in [4.78, 5) is 18.3. The molecular formula is C14H21N3O2. The Hall–Kier alpha value is -1.62. The number of carbonyl (C=O) groups is 1. The molecule has 0 spiro atoms. The van der Waals surface area contributed by atoms with Crippen LogP contribution in [-0.2, 0) is 0 Å². The molecule has 5 heteroatoms. The molecule has 1 fully saturated rings. The highest BCUT2D eigenvalue weighted by molar-refractivity contribution is 5.92. The number of likely N-dealkylation sites (tertiary alicyclic amines) is 1. The average molecular weight is 263 g/mol. The molecule has 1 aliphatic rings. The van der Waals surface area contributed by atoms with Crippen molar-refractivity contribution in [2.45, 2.75) is 19.8 Å². The van der Waals surface area contributed by atoms with Gasteiger partial charge in [-0.25, -0.2) is 4.98 Å². The molecule has 1 atom stereocenters. The first-order chi connectivity index (χ1) is 9.24. The van der Waals surface area contributed by atoms with Gasteiger partial charge in [0.2, 0.25) is 0 Å². The maximum absolute atomic E-state index is 12.2. The fourth-order valence-electron chi connectivity index (χ4n) is 2.43. The van der Waals surface area contributed by atoms with Crippen LogP contribution in [-0.4, -0.2) is 47.1 Å². The predicted molar refractivity (Wildman–Crippen MR) is 74.1 cm³/mol. The molecule has 0 bridgehead atoms. The lowest BCUT2D eigenvalue weighted by Crippen LogP contribution is -2.29. The number of pyridine rings is 1. The van der Waals surface area contributed by atoms with E-state index in [-0.39, 0.29) is 12.5 Å². The summed E-state index contributed by atoms with van der Waals surface area (Å²) in [6.07, 6.45) is 3.44. The van der Waals surface area contributed by atoms with E-state index in [1.54, 1.807) is 12.3 Å². The van der Waals surface area contributed by atoms with Gasteiger partial charge in [0, 0.05) is 26.2 Å². The maximum Gasteiger partial charge on any atom is 0.272 e. The number of nitrogens with one attached hydrogen (secondary N) is 1. The Balaban J connectivity index is 1.96. The summed E-state index contributed by atoms with van der Waals surface area (Å²) >= 11 is 0. The number of nitrogens with zero attached hydrogens (tertiary/aromatic N) is 2. The molecule has 1 aromatic rings. The zero-order valence-electron chi connectivity index (χ0n) is 11.3. The molecule has 0 radical (unpaired) electrons. The topological polar surface area (TPSA) is 65.5 Å². The number of anilines is 1. The molecule has 1 saturated heterocycles. The molecular weight excluding hydrogens is 242 g/mol. The van der Waals surface area contributed by atoms with Gasteiger partial charge in [0.25, 0.3) is 5.91 Å². The van der Waals surface area contributed by atoms with Crippen molar-refractivity contribution in [2.75, 3.05) is 31.6 Å². The van der Waals surface area contributed by atoms with Gasteiger partial charge in [-0.3, -0.25) is 4.79 Å². The fourth-order valence-corrected chi connectivity index (χ4v) is 2.43. The average Bonchev–Trinajstić information content (AvgIpc) is 2.88. The van der Waals surface area contributed by atoms with Crippen LogP contribution in [0.4, 0.5) is 5.69 Å². The van der Waals surface area contributed by atoms with Crippen molar-refractivity contribution in [1.82, 2.24) is 9.88 Å². The second-order valence-electron chi connectivity index (χ2n) is 4.88. The highest BCUT2D eigenvalue weighted by Crippen LogP contribution is 2.20. The minimum Gasteiger partial charge on any atom is -0.396 e. The number of hydrogen-bond donors (Lipinski definition) is 2. The quantitative estimate of drug-likeness (QED) is 0.842. The molecule has 5 nitrogen and oxygen atoms in total. The number of carbonyl (C=O) groups excluding carboxylic acids is 1. The van der Waals surface area contributed by atoms with E-state index in [0.717, 1.165) is 38.2 Å². The van der Waals surface area contributed by atoms with Crippen molar-refractivity contribution in [3.8, 4) is 0 Å². The number of aliphatic hydroxyl groups is 1. The van der Waals surface area contributed by atoms with Gasteiger partial charge in [0.1, 0.15) is 5.69 Å². The molecule has 1 unspecified atom stereocenters. The molecule has 2 rings (SSSR count). The molecule has 1 aliphatic heterocycles. The smallest absolute Gasteiger partial charge is 0.272 e. The third-order valence-corrected chi connectivity index (χ3v) is 3.47. The van der Waals surface area contributed by atoms with E-state index in [0.29, 0.717) is 11.6 Å². The third kappa shape index (κ3) is 3.44. The van der Waals surface area contributed by atoms with Crippen LogP contribution in [0.2, 0.25) is 0 Å². The molecule has 0 saturated carbocycles. The highest BCUT2D eigenvalue weighted by atomic mass is 16.3. The Bertz CT molecular complexity index is 419. The summed E-state index contributed by atoms with van der Waals surface area (Å²) in [5, 5.41) is 12.1. The SMILES string of the molecule is CCNc1ccc(C(=O)N2CCC(CCO)C2)nc1. The first-order valence-corrected chi connectivity index (χ1v) is 6.84. The number of aliphatic hydroxyl groups excluding tert-OH is 1. The van der Waals surface area contributed by atoms with E-state index in [4.69, 9.17) is 5.11 Å². The summed E-state index contributed by atoms with van der Waals surface area (Å²) in [6.45, 7) is 4.55. The number of hydrogen-bond acceptors (Lipinski definition) is 4. The van der Waals surface area contributed by atoms with Crippen molar-refractivity contribution >= 4 is 11.6 Å². The van der Waals surface area contributed by atoms with E-state index in [9.17, 15) is 4.79 Å². The van der Waals surface area contributed by atoms with Gasteiger partial charge in [0.05, 0.1) is 11.9 Å². The first kappa shape index (κ1) is 13.8. The molecule has 0 aromatic carbocycles. The Morgan fingerprint density at radius 2 is 2.42 bits per heavy atom. The molecule has 0 aliphatic carbocycles. The predicted octanol–water partition coefficient (Wildman–Crippen LogP) is 1.36. The van der Waals surface area contributed by atoms with Crippen LogP contribution in [0.25, 0.3) is 0 Å². The largest absolute Gasteiger partial charge is 0.396 e. The lowest BCUT2D eigenvalue weighted by Gasteiger charge is -2.16. The van der Waals surface area contributed by atoms with Crippen molar-refractivity contribution in [2.24, 2.45) is 5.92 Å². The van der Waals surface area contributed by atoms with E-state index >= 15 is 0 Å². The van der Waals surface area contributed by atoms with Crippen molar-refractivity contribution < 1.29 is 9.90 Å². The lowest BCUT2D eigenvalue weighted by atomic mass is 10.1. The van der Waals surface area contributed by atoms with Gasteiger partial charge in [-0.1, -0.05) is 0 Å². The van der Waals surface area contributed by atoms with Crippen molar-refractivity contribution in [1.29, 1.82) is 0 Å². The Kier molecular flexibility index (Phi) is 4.74. The van der Waals surface area contributed by atoms with E-state index in [2.05, 4.69) is 10.3 Å². The van der Waals surface area contributed by atoms with Crippen LogP contribution in [0.1, 0.15) is 30.3 Å². The minimum atomic E-state index is -0.0107. The standard InChI is InChI=1S/C14H21N3O2/c1-2-15-12-3-4-13(16-9-12)14(19)17-7-5-11(10-17)6-8-18/h3-4,9,11,15,18H,2,5-8,10H2,1H3. The number of rotatable bonds is 5. The van der Waals surface area contributed by atoms with Crippen LogP contribution < -0.4 is 5.32 Å². The molecule has 2 N–H and O–H groups in total. The van der Waals surface area contributed by atoms with Gasteiger partial charge in [-0.2, -0.15) is 0 Å². The van der Waals surface area contributed by atoms with Crippen LogP contribution >= 0.6 is 0 Å². The Morgan fingerprint density at radius 1 is 1.58 bits per heavy atom. The van der Waals surface area contributed by atoms with Crippen LogP contribution in [0.5, 0.6) is 0 Å². The second kappa shape index (κ2) is 6.52. The zero-order valence-corrected chi connectivity index (χ0v) is 11.3. The van der Waals surface area contributed by atoms with Gasteiger partial charge >= 0.3 is 0 Å². The third-order valence-electron chi connectivity index (χ3n) is 3.47. The van der Waals surface area contributed by atoms with Crippen LogP contribution in [0.3, 0.4) is 0 Å². The number of amides is 1. The second-order valence-corrected chi connectivity index (χ2v) is 4.88. The number of aromatic nitrogens is 1. The summed E-state index contributed by atoms with van der Waals surface area (Å²) in [7, 11) is 0. The van der Waals surface area contributed by atoms with Crippen LogP contribution in [0, 0.1) is 5.92 Å². The van der Waals surface area contributed by atoms with Crippen molar-refractivity contribution in [3.05, 3.63) is 24.0 Å². The monoisotopic (exact) mass is 263 g/mol. The van der Waals surface area contributed by atoms with Gasteiger partial charge < -0.3 is 15.3 Å². The first-order valence-electron chi connectivity index (χ1n) is 6.84. The molecule has 19 heavy (non-hydrogen) atoms. The summed E-state index contributed by atoms with van der Waals surface area (Å²) in [5.41, 5.74) is 1.42. The van der Waals surface area contributed by atoms with Crippen molar-refractivity contribution in [3.63, 3.8) is 0 Å². The Morgan fingerprint density at radius 3 is 3.05 bits per heavy atom. The van der Waals surface area contributed by atoms with Gasteiger partial charge in [0.15, 0.2) is 0 Å². The summed E-state index contributed by atoms with van der Waals surface area (Å²) in [5.74, 6) is 0.415.